The van der Waals surface area contributed by atoms with Gasteiger partial charge in [0.15, 0.2) is 0 Å². The third-order valence-electron chi connectivity index (χ3n) is 2.84. The van der Waals surface area contributed by atoms with Gasteiger partial charge in [-0.3, -0.25) is 4.79 Å². The molecule has 0 spiro atoms. The van der Waals surface area contributed by atoms with Crippen molar-refractivity contribution in [2.45, 2.75) is 17.1 Å². The van der Waals surface area contributed by atoms with Gasteiger partial charge >= 0.3 is 0 Å². The fourth-order valence-corrected chi connectivity index (χ4v) is 2.89. The first-order valence-corrected chi connectivity index (χ1v) is 7.72. The standard InChI is InChI=1S/C16H16ClNO2S/c1-11(21-13-6-4-3-5-7-13)16(19)18-12-8-9-15(20-2)14(17)10-12/h3-11H,1-2H3,(H,18,19)/t11-/m0/s1. The molecule has 2 aromatic rings. The summed E-state index contributed by atoms with van der Waals surface area (Å²) < 4.78 is 5.08. The Hall–Kier alpha value is -1.65. The maximum absolute atomic E-state index is 12.2. The number of rotatable bonds is 5. The number of carbonyl (C=O) groups excluding carboxylic acids is 1. The van der Waals surface area contributed by atoms with E-state index in [1.165, 1.54) is 11.8 Å². The Kier molecular flexibility index (Phi) is 5.53. The molecule has 0 bridgehead atoms. The number of methoxy groups -OCH3 is 1. The first-order chi connectivity index (χ1) is 10.1. The lowest BCUT2D eigenvalue weighted by Crippen LogP contribution is -2.22. The first-order valence-electron chi connectivity index (χ1n) is 6.46. The van der Waals surface area contributed by atoms with Crippen LogP contribution < -0.4 is 10.1 Å². The smallest absolute Gasteiger partial charge is 0.237 e. The van der Waals surface area contributed by atoms with Crippen molar-refractivity contribution in [1.82, 2.24) is 0 Å². The maximum atomic E-state index is 12.2. The largest absolute Gasteiger partial charge is 0.495 e. The van der Waals surface area contributed by atoms with Gasteiger partial charge < -0.3 is 10.1 Å². The van der Waals surface area contributed by atoms with Gasteiger partial charge in [-0.25, -0.2) is 0 Å². The molecule has 0 unspecified atom stereocenters. The van der Waals surface area contributed by atoms with E-state index in [1.807, 2.05) is 37.3 Å². The fraction of sp³-hybridized carbons (Fsp3) is 0.188. The first kappa shape index (κ1) is 15.7. The number of hydrogen-bond donors (Lipinski definition) is 1. The Morgan fingerprint density at radius 2 is 1.95 bits per heavy atom. The van der Waals surface area contributed by atoms with Crippen LogP contribution in [0.4, 0.5) is 5.69 Å². The van der Waals surface area contributed by atoms with E-state index in [4.69, 9.17) is 16.3 Å². The highest BCUT2D eigenvalue weighted by molar-refractivity contribution is 8.00. The van der Waals surface area contributed by atoms with Gasteiger partial charge in [0.25, 0.3) is 0 Å². The third-order valence-corrected chi connectivity index (χ3v) is 4.25. The lowest BCUT2D eigenvalue weighted by atomic mass is 10.3. The summed E-state index contributed by atoms with van der Waals surface area (Å²) in [5.74, 6) is 0.520. The predicted molar refractivity (Wildman–Crippen MR) is 88.4 cm³/mol. The Labute approximate surface area is 133 Å². The van der Waals surface area contributed by atoms with E-state index in [-0.39, 0.29) is 11.2 Å². The molecule has 0 fully saturated rings. The van der Waals surface area contributed by atoms with Crippen LogP contribution in [-0.2, 0) is 4.79 Å². The van der Waals surface area contributed by atoms with Crippen LogP contribution in [0.15, 0.2) is 53.4 Å². The molecule has 1 atom stereocenters. The highest BCUT2D eigenvalue weighted by atomic mass is 35.5. The highest BCUT2D eigenvalue weighted by Gasteiger charge is 2.15. The number of amides is 1. The van der Waals surface area contributed by atoms with Gasteiger partial charge in [-0.1, -0.05) is 29.8 Å². The van der Waals surface area contributed by atoms with Gasteiger partial charge in [0, 0.05) is 10.6 Å². The molecule has 0 aromatic heterocycles. The molecule has 110 valence electrons. The second kappa shape index (κ2) is 7.38. The van der Waals surface area contributed by atoms with Crippen LogP contribution in [0.3, 0.4) is 0 Å². The Balaban J connectivity index is 1.99. The minimum Gasteiger partial charge on any atom is -0.495 e. The molecule has 0 aliphatic carbocycles. The SMILES string of the molecule is COc1ccc(NC(=O)[C@H](C)Sc2ccccc2)cc1Cl. The van der Waals surface area contributed by atoms with E-state index in [1.54, 1.807) is 25.3 Å². The van der Waals surface area contributed by atoms with Gasteiger partial charge in [0.1, 0.15) is 5.75 Å². The lowest BCUT2D eigenvalue weighted by molar-refractivity contribution is -0.115. The number of anilines is 1. The summed E-state index contributed by atoms with van der Waals surface area (Å²) in [6.45, 7) is 1.87. The van der Waals surface area contributed by atoms with E-state index in [0.717, 1.165) is 4.90 Å². The number of hydrogen-bond acceptors (Lipinski definition) is 3. The van der Waals surface area contributed by atoms with E-state index in [0.29, 0.717) is 16.5 Å². The van der Waals surface area contributed by atoms with Crippen LogP contribution in [0.1, 0.15) is 6.92 Å². The Morgan fingerprint density at radius 1 is 1.24 bits per heavy atom. The van der Waals surface area contributed by atoms with Crippen LogP contribution >= 0.6 is 23.4 Å². The highest BCUT2D eigenvalue weighted by Crippen LogP contribution is 2.28. The Bertz CT molecular complexity index is 619. The van der Waals surface area contributed by atoms with E-state index in [9.17, 15) is 4.79 Å². The number of benzene rings is 2. The summed E-state index contributed by atoms with van der Waals surface area (Å²) in [5.41, 5.74) is 0.659. The molecule has 5 heteroatoms. The van der Waals surface area contributed by atoms with Gasteiger partial charge in [-0.15, -0.1) is 11.8 Å². The second-order valence-electron chi connectivity index (χ2n) is 4.41. The molecule has 1 N–H and O–H groups in total. The molecule has 0 saturated heterocycles. The molecule has 2 rings (SSSR count). The van der Waals surface area contributed by atoms with Gasteiger partial charge in [0.2, 0.25) is 5.91 Å². The summed E-state index contributed by atoms with van der Waals surface area (Å²) in [6, 6.07) is 15.0. The number of halogens is 1. The average molecular weight is 322 g/mol. The number of nitrogens with one attached hydrogen (secondary N) is 1. The molecular weight excluding hydrogens is 306 g/mol. The molecule has 21 heavy (non-hydrogen) atoms. The summed E-state index contributed by atoms with van der Waals surface area (Å²) in [4.78, 5) is 13.2. The van der Waals surface area contributed by atoms with Crippen LogP contribution in [0.5, 0.6) is 5.75 Å². The van der Waals surface area contributed by atoms with Gasteiger partial charge in [0.05, 0.1) is 17.4 Å². The van der Waals surface area contributed by atoms with Crippen molar-refractivity contribution in [3.63, 3.8) is 0 Å². The van der Waals surface area contributed by atoms with Crippen molar-refractivity contribution in [3.05, 3.63) is 53.6 Å². The summed E-state index contributed by atoms with van der Waals surface area (Å²) in [6.07, 6.45) is 0. The molecule has 0 heterocycles. The predicted octanol–water partition coefficient (Wildman–Crippen LogP) is 4.47. The molecule has 0 aliphatic heterocycles. The minimum absolute atomic E-state index is 0.0647. The minimum atomic E-state index is -0.201. The molecular formula is C16H16ClNO2S. The van der Waals surface area contributed by atoms with E-state index < -0.39 is 0 Å². The van der Waals surface area contributed by atoms with Gasteiger partial charge in [-0.05, 0) is 37.3 Å². The Morgan fingerprint density at radius 3 is 2.57 bits per heavy atom. The monoisotopic (exact) mass is 321 g/mol. The topological polar surface area (TPSA) is 38.3 Å². The normalized spacial score (nSPS) is 11.8. The number of ether oxygens (including phenoxy) is 1. The number of thioether (sulfide) groups is 1. The van der Waals surface area contributed by atoms with Crippen LogP contribution in [-0.4, -0.2) is 18.3 Å². The maximum Gasteiger partial charge on any atom is 0.237 e. The molecule has 0 saturated carbocycles. The fourth-order valence-electron chi connectivity index (χ4n) is 1.74. The zero-order valence-electron chi connectivity index (χ0n) is 11.8. The quantitative estimate of drug-likeness (QED) is 0.826. The van der Waals surface area contributed by atoms with Crippen molar-refractivity contribution in [2.75, 3.05) is 12.4 Å². The zero-order chi connectivity index (χ0) is 15.2. The van der Waals surface area contributed by atoms with Crippen molar-refractivity contribution >= 4 is 35.0 Å². The van der Waals surface area contributed by atoms with Crippen LogP contribution in [0.2, 0.25) is 5.02 Å². The summed E-state index contributed by atoms with van der Waals surface area (Å²) in [7, 11) is 1.55. The lowest BCUT2D eigenvalue weighted by Gasteiger charge is -2.13. The second-order valence-corrected chi connectivity index (χ2v) is 6.23. The zero-order valence-corrected chi connectivity index (χ0v) is 13.4. The van der Waals surface area contributed by atoms with Gasteiger partial charge in [-0.2, -0.15) is 0 Å². The van der Waals surface area contributed by atoms with Crippen molar-refractivity contribution in [2.24, 2.45) is 0 Å². The molecule has 0 aliphatic rings. The molecule has 2 aromatic carbocycles. The van der Waals surface area contributed by atoms with Crippen molar-refractivity contribution < 1.29 is 9.53 Å². The van der Waals surface area contributed by atoms with E-state index in [2.05, 4.69) is 5.32 Å². The molecule has 0 radical (unpaired) electrons. The summed E-state index contributed by atoms with van der Waals surface area (Å²) >= 11 is 7.55. The van der Waals surface area contributed by atoms with Crippen LogP contribution in [0, 0.1) is 0 Å². The van der Waals surface area contributed by atoms with Crippen molar-refractivity contribution in [3.8, 4) is 5.75 Å². The number of carbonyl (C=O) groups is 1. The average Bonchev–Trinajstić information content (AvgIpc) is 2.48. The molecule has 3 nitrogen and oxygen atoms in total. The van der Waals surface area contributed by atoms with Crippen molar-refractivity contribution in [1.29, 1.82) is 0 Å². The summed E-state index contributed by atoms with van der Waals surface area (Å²) in [5, 5.41) is 3.12. The van der Waals surface area contributed by atoms with E-state index >= 15 is 0 Å². The third kappa shape index (κ3) is 4.41. The van der Waals surface area contributed by atoms with Crippen LogP contribution in [0.25, 0.3) is 0 Å². The molecule has 1 amide bonds.